The van der Waals surface area contributed by atoms with Crippen LogP contribution in [-0.4, -0.2) is 42.3 Å². The minimum atomic E-state index is -1.64. The fourth-order valence-electron chi connectivity index (χ4n) is 3.26. The second kappa shape index (κ2) is 8.92. The summed E-state index contributed by atoms with van der Waals surface area (Å²) < 4.78 is 5.98. The molecule has 1 atom stereocenters. The molecule has 3 rings (SSSR count). The quantitative estimate of drug-likeness (QED) is 0.410. The fourth-order valence-corrected chi connectivity index (χ4v) is 4.77. The van der Waals surface area contributed by atoms with Crippen molar-refractivity contribution in [1.82, 2.24) is 9.97 Å². The first kappa shape index (κ1) is 23.8. The molecule has 0 amide bonds. The van der Waals surface area contributed by atoms with Gasteiger partial charge in [-0.2, -0.15) is 0 Å². The summed E-state index contributed by atoms with van der Waals surface area (Å²) in [5.74, 6) is 1.75. The van der Waals surface area contributed by atoms with E-state index in [0.29, 0.717) is 17.7 Å². The number of carbonyl (C=O) groups is 1. The van der Waals surface area contributed by atoms with Gasteiger partial charge in [0.15, 0.2) is 5.58 Å². The third-order valence-electron chi connectivity index (χ3n) is 4.97. The Labute approximate surface area is 190 Å². The van der Waals surface area contributed by atoms with Gasteiger partial charge in [-0.25, -0.2) is 0 Å². The van der Waals surface area contributed by atoms with Gasteiger partial charge in [-0.3, -0.25) is 14.8 Å². The molecule has 0 radical (unpaired) electrons. The molecule has 3 aromatic heterocycles. The first-order chi connectivity index (χ1) is 14.8. The van der Waals surface area contributed by atoms with Gasteiger partial charge in [-0.05, 0) is 24.6 Å². The highest BCUT2D eigenvalue weighted by atomic mass is 28.3. The highest BCUT2D eigenvalue weighted by Crippen LogP contribution is 2.27. The molecule has 0 saturated heterocycles. The van der Waals surface area contributed by atoms with Crippen LogP contribution in [0.25, 0.3) is 11.0 Å². The summed E-state index contributed by atoms with van der Waals surface area (Å²) >= 11 is 0. The number of nitrogens with zero attached hydrogens (tertiary/aromatic N) is 2. The van der Waals surface area contributed by atoms with Crippen molar-refractivity contribution in [3.8, 4) is 17.2 Å². The van der Waals surface area contributed by atoms with Crippen LogP contribution in [0.2, 0.25) is 39.3 Å². The summed E-state index contributed by atoms with van der Waals surface area (Å²) in [5, 5.41) is 21.7. The van der Waals surface area contributed by atoms with Gasteiger partial charge in [0, 0.05) is 22.7 Å². The van der Waals surface area contributed by atoms with E-state index in [1.54, 1.807) is 12.3 Å². The fraction of sp³-hybridized carbons (Fsp3) is 0.375. The van der Waals surface area contributed by atoms with Gasteiger partial charge >= 0.3 is 5.97 Å². The second-order valence-corrected chi connectivity index (χ2v) is 19.9. The standard InChI is InChI=1S/C24H30N2O4Si2/c1-31(2,3)8-7-16-11-20(26-14-21(16)27)17(12-23(28)29)9-19-10-18-13-24(32(4,5)6)30-22(18)15-25-19/h10-11,13-15,17,27H,9,12H2,1-6H3,(H,28,29). The molecule has 168 valence electrons. The lowest BCUT2D eigenvalue weighted by Gasteiger charge is -2.15. The lowest BCUT2D eigenvalue weighted by molar-refractivity contribution is -0.137. The van der Waals surface area contributed by atoms with E-state index in [2.05, 4.69) is 66.8 Å². The average molecular weight is 467 g/mol. The number of carboxylic acid groups (broad SMARTS) is 1. The maximum atomic E-state index is 11.6. The molecule has 8 heteroatoms. The zero-order chi connectivity index (χ0) is 23.7. The van der Waals surface area contributed by atoms with Crippen molar-refractivity contribution in [2.24, 2.45) is 0 Å². The summed E-state index contributed by atoms with van der Waals surface area (Å²) in [6.07, 6.45) is 3.38. The summed E-state index contributed by atoms with van der Waals surface area (Å²) in [6.45, 7) is 13.0. The van der Waals surface area contributed by atoms with Crippen molar-refractivity contribution in [3.63, 3.8) is 0 Å². The number of pyridine rings is 2. The van der Waals surface area contributed by atoms with E-state index in [1.807, 2.05) is 6.07 Å². The number of furan rings is 1. The van der Waals surface area contributed by atoms with Gasteiger partial charge in [0.2, 0.25) is 0 Å². The van der Waals surface area contributed by atoms with Crippen LogP contribution < -0.4 is 5.38 Å². The molecule has 0 bridgehead atoms. The van der Waals surface area contributed by atoms with E-state index < -0.39 is 28.0 Å². The van der Waals surface area contributed by atoms with Crippen molar-refractivity contribution >= 4 is 38.5 Å². The van der Waals surface area contributed by atoms with Crippen LogP contribution in [0.5, 0.6) is 5.75 Å². The summed E-state index contributed by atoms with van der Waals surface area (Å²) in [6, 6.07) is 5.74. The molecule has 0 aliphatic rings. The van der Waals surface area contributed by atoms with Gasteiger partial charge in [-0.15, -0.1) is 5.54 Å². The Kier molecular flexibility index (Phi) is 6.62. The lowest BCUT2D eigenvalue weighted by Crippen LogP contribution is -2.36. The zero-order valence-corrected chi connectivity index (χ0v) is 21.5. The Morgan fingerprint density at radius 1 is 1.09 bits per heavy atom. The van der Waals surface area contributed by atoms with Crippen molar-refractivity contribution in [2.45, 2.75) is 58.0 Å². The van der Waals surface area contributed by atoms with Gasteiger partial charge in [0.1, 0.15) is 21.9 Å². The molecule has 0 saturated carbocycles. The Morgan fingerprint density at radius 3 is 2.44 bits per heavy atom. The van der Waals surface area contributed by atoms with Crippen LogP contribution in [0, 0.1) is 11.5 Å². The van der Waals surface area contributed by atoms with Crippen LogP contribution in [0.4, 0.5) is 0 Å². The Morgan fingerprint density at radius 2 is 1.81 bits per heavy atom. The largest absolute Gasteiger partial charge is 0.505 e. The molecule has 6 nitrogen and oxygen atoms in total. The SMILES string of the molecule is C[Si](C)(C)C#Cc1cc(C(CC(=O)O)Cc2cc3cc([Si](C)(C)C)oc3cn2)ncc1O. The topological polar surface area (TPSA) is 96.5 Å². The Bertz CT molecular complexity index is 1210. The number of aliphatic carboxylic acids is 1. The summed E-state index contributed by atoms with van der Waals surface area (Å²) in [4.78, 5) is 20.4. The highest BCUT2D eigenvalue weighted by Gasteiger charge is 2.23. The molecule has 3 heterocycles. The van der Waals surface area contributed by atoms with Crippen LogP contribution >= 0.6 is 0 Å². The molecule has 1 unspecified atom stereocenters. The van der Waals surface area contributed by atoms with E-state index in [9.17, 15) is 15.0 Å². The van der Waals surface area contributed by atoms with Crippen molar-refractivity contribution < 1.29 is 19.4 Å². The number of hydrogen-bond donors (Lipinski definition) is 2. The molecular formula is C24H30N2O4Si2. The Hall–Kier alpha value is -2.90. The first-order valence-corrected chi connectivity index (χ1v) is 17.6. The van der Waals surface area contributed by atoms with Crippen molar-refractivity contribution in [1.29, 1.82) is 0 Å². The van der Waals surface area contributed by atoms with E-state index in [4.69, 9.17) is 4.42 Å². The number of rotatable bonds is 6. The number of hydrogen-bond acceptors (Lipinski definition) is 5. The second-order valence-electron chi connectivity index (χ2n) is 10.2. The van der Waals surface area contributed by atoms with Gasteiger partial charge < -0.3 is 14.6 Å². The maximum Gasteiger partial charge on any atom is 0.304 e. The summed E-state index contributed by atoms with van der Waals surface area (Å²) in [7, 11) is -3.22. The maximum absolute atomic E-state index is 11.6. The molecule has 0 fully saturated rings. The predicted octanol–water partition coefficient (Wildman–Crippen LogP) is 4.50. The monoisotopic (exact) mass is 466 g/mol. The van der Waals surface area contributed by atoms with Crippen molar-refractivity contribution in [2.75, 3.05) is 0 Å². The van der Waals surface area contributed by atoms with Gasteiger partial charge in [-0.1, -0.05) is 45.2 Å². The molecule has 0 spiro atoms. The average Bonchev–Trinajstić information content (AvgIpc) is 3.10. The molecule has 32 heavy (non-hydrogen) atoms. The molecule has 0 aromatic carbocycles. The van der Waals surface area contributed by atoms with Gasteiger partial charge in [0.25, 0.3) is 0 Å². The van der Waals surface area contributed by atoms with E-state index >= 15 is 0 Å². The summed E-state index contributed by atoms with van der Waals surface area (Å²) in [5.41, 5.74) is 5.82. The van der Waals surface area contributed by atoms with Gasteiger partial charge in [0.05, 0.1) is 29.8 Å². The molecule has 3 aromatic rings. The Balaban J connectivity index is 1.95. The minimum Gasteiger partial charge on any atom is -0.505 e. The normalized spacial score (nSPS) is 12.9. The third-order valence-corrected chi connectivity index (χ3v) is 7.57. The van der Waals surface area contributed by atoms with Crippen molar-refractivity contribution in [3.05, 3.63) is 47.5 Å². The number of carboxylic acids is 1. The van der Waals surface area contributed by atoms with Crippen LogP contribution in [0.15, 0.2) is 35.0 Å². The highest BCUT2D eigenvalue weighted by molar-refractivity contribution is 6.87. The number of fused-ring (bicyclic) bond motifs is 1. The molecular weight excluding hydrogens is 436 g/mol. The predicted molar refractivity (Wildman–Crippen MR) is 132 cm³/mol. The molecule has 2 N–H and O–H groups in total. The zero-order valence-electron chi connectivity index (χ0n) is 19.5. The van der Waals surface area contributed by atoms with Crippen LogP contribution in [-0.2, 0) is 11.2 Å². The van der Waals surface area contributed by atoms with Crippen LogP contribution in [0.3, 0.4) is 0 Å². The number of aromatic hydroxyl groups is 1. The lowest BCUT2D eigenvalue weighted by atomic mass is 9.93. The van der Waals surface area contributed by atoms with E-state index in [-0.39, 0.29) is 12.2 Å². The van der Waals surface area contributed by atoms with E-state index in [1.165, 1.54) is 6.20 Å². The number of aromatic nitrogens is 2. The third kappa shape index (κ3) is 6.08. The minimum absolute atomic E-state index is 0.00499. The molecule has 0 aliphatic carbocycles. The van der Waals surface area contributed by atoms with Crippen LogP contribution in [0.1, 0.15) is 29.3 Å². The first-order valence-electron chi connectivity index (χ1n) is 10.6. The smallest absolute Gasteiger partial charge is 0.304 e. The van der Waals surface area contributed by atoms with E-state index in [0.717, 1.165) is 22.0 Å². The molecule has 0 aliphatic heterocycles.